The van der Waals surface area contributed by atoms with Crippen LogP contribution in [0.2, 0.25) is 0 Å². The van der Waals surface area contributed by atoms with E-state index in [9.17, 15) is 4.79 Å². The molecule has 0 aromatic carbocycles. The highest BCUT2D eigenvalue weighted by Gasteiger charge is 2.12. The number of carboxylic acid groups (broad SMARTS) is 1. The summed E-state index contributed by atoms with van der Waals surface area (Å²) in [4.78, 5) is 18.9. The molecule has 1 rings (SSSR count). The maximum atomic E-state index is 10.9. The van der Waals surface area contributed by atoms with Crippen molar-refractivity contribution in [3.8, 4) is 6.01 Å². The number of hydrogen-bond acceptors (Lipinski definition) is 4. The molecule has 0 aliphatic rings. The number of ether oxygens (including phenoxy) is 1. The second kappa shape index (κ2) is 7.71. The summed E-state index contributed by atoms with van der Waals surface area (Å²) in [6.07, 6.45) is 5.67. The van der Waals surface area contributed by atoms with Gasteiger partial charge in [-0.3, -0.25) is 0 Å². The molecule has 0 saturated carbocycles. The van der Waals surface area contributed by atoms with Gasteiger partial charge < -0.3 is 9.84 Å². The molecule has 0 bridgehead atoms. The van der Waals surface area contributed by atoms with Crippen LogP contribution < -0.4 is 4.74 Å². The quantitative estimate of drug-likeness (QED) is 0.731. The average Bonchev–Trinajstić information content (AvgIpc) is 2.34. The summed E-state index contributed by atoms with van der Waals surface area (Å²) in [6.45, 7) is 5.86. The Labute approximate surface area is 114 Å². The van der Waals surface area contributed by atoms with Crippen molar-refractivity contribution >= 4 is 5.97 Å². The Morgan fingerprint density at radius 2 is 2.11 bits per heavy atom. The molecule has 0 aliphatic carbocycles. The van der Waals surface area contributed by atoms with Gasteiger partial charge in [0.05, 0.1) is 6.10 Å². The Kier molecular flexibility index (Phi) is 6.25. The van der Waals surface area contributed by atoms with Crippen LogP contribution in [0.5, 0.6) is 6.01 Å². The van der Waals surface area contributed by atoms with Crippen molar-refractivity contribution in [1.29, 1.82) is 0 Å². The van der Waals surface area contributed by atoms with Crippen LogP contribution in [0, 0.1) is 6.92 Å². The van der Waals surface area contributed by atoms with Crippen LogP contribution in [0.4, 0.5) is 0 Å². The maximum Gasteiger partial charge on any atom is 0.354 e. The minimum absolute atomic E-state index is 0.000279. The number of carboxylic acids is 1. The van der Waals surface area contributed by atoms with Crippen LogP contribution in [0.15, 0.2) is 6.07 Å². The van der Waals surface area contributed by atoms with E-state index in [1.54, 1.807) is 6.92 Å². The normalized spacial score (nSPS) is 12.2. The third-order valence-corrected chi connectivity index (χ3v) is 2.82. The van der Waals surface area contributed by atoms with Gasteiger partial charge in [-0.25, -0.2) is 9.78 Å². The van der Waals surface area contributed by atoms with Crippen LogP contribution >= 0.6 is 0 Å². The van der Waals surface area contributed by atoms with Crippen molar-refractivity contribution in [2.45, 2.75) is 59.0 Å². The number of aromatic carboxylic acids is 1. The van der Waals surface area contributed by atoms with Gasteiger partial charge in [0, 0.05) is 5.69 Å². The molecule has 0 amide bonds. The predicted octanol–water partition coefficient (Wildman–Crippen LogP) is 3.22. The van der Waals surface area contributed by atoms with Gasteiger partial charge in [0.15, 0.2) is 5.69 Å². The monoisotopic (exact) mass is 266 g/mol. The first-order chi connectivity index (χ1) is 9.02. The molecule has 1 N–H and O–H groups in total. The van der Waals surface area contributed by atoms with Gasteiger partial charge in [0.2, 0.25) is 0 Å². The van der Waals surface area contributed by atoms with Gasteiger partial charge >= 0.3 is 12.0 Å². The molecular weight excluding hydrogens is 244 g/mol. The predicted molar refractivity (Wildman–Crippen MR) is 72.6 cm³/mol. The Morgan fingerprint density at radius 3 is 2.74 bits per heavy atom. The highest BCUT2D eigenvalue weighted by molar-refractivity contribution is 5.85. The highest BCUT2D eigenvalue weighted by atomic mass is 16.5. The van der Waals surface area contributed by atoms with Crippen molar-refractivity contribution in [1.82, 2.24) is 9.97 Å². The van der Waals surface area contributed by atoms with Crippen LogP contribution in [0.1, 0.15) is 62.1 Å². The second-order valence-electron chi connectivity index (χ2n) is 4.76. The fourth-order valence-electron chi connectivity index (χ4n) is 1.80. The van der Waals surface area contributed by atoms with Crippen LogP contribution in [-0.2, 0) is 0 Å². The number of unbranched alkanes of at least 4 members (excludes halogenated alkanes) is 3. The lowest BCUT2D eigenvalue weighted by Crippen LogP contribution is -2.15. The van der Waals surface area contributed by atoms with E-state index in [2.05, 4.69) is 16.9 Å². The Morgan fingerprint density at radius 1 is 1.37 bits per heavy atom. The van der Waals surface area contributed by atoms with E-state index >= 15 is 0 Å². The van der Waals surface area contributed by atoms with E-state index < -0.39 is 5.97 Å². The molecule has 5 heteroatoms. The second-order valence-corrected chi connectivity index (χ2v) is 4.76. The zero-order chi connectivity index (χ0) is 14.3. The number of carbonyl (C=O) groups is 1. The van der Waals surface area contributed by atoms with Gasteiger partial charge in [-0.1, -0.05) is 26.2 Å². The first kappa shape index (κ1) is 15.4. The van der Waals surface area contributed by atoms with Gasteiger partial charge in [-0.15, -0.1) is 0 Å². The van der Waals surface area contributed by atoms with Gasteiger partial charge in [-0.2, -0.15) is 4.98 Å². The third-order valence-electron chi connectivity index (χ3n) is 2.82. The summed E-state index contributed by atoms with van der Waals surface area (Å²) < 4.78 is 5.58. The van der Waals surface area contributed by atoms with E-state index in [1.807, 2.05) is 6.92 Å². The van der Waals surface area contributed by atoms with Crippen molar-refractivity contribution in [3.05, 3.63) is 17.5 Å². The summed E-state index contributed by atoms with van der Waals surface area (Å²) in [7, 11) is 0. The summed E-state index contributed by atoms with van der Waals surface area (Å²) >= 11 is 0. The lowest BCUT2D eigenvalue weighted by molar-refractivity contribution is 0.0687. The molecule has 1 aromatic rings. The van der Waals surface area contributed by atoms with Gasteiger partial charge in [0.1, 0.15) is 0 Å². The van der Waals surface area contributed by atoms with Crippen molar-refractivity contribution in [3.63, 3.8) is 0 Å². The van der Waals surface area contributed by atoms with E-state index in [4.69, 9.17) is 9.84 Å². The fraction of sp³-hybridized carbons (Fsp3) is 0.643. The minimum Gasteiger partial charge on any atom is -0.477 e. The Hall–Kier alpha value is -1.65. The standard InChI is InChI=1S/C14H22N2O3/c1-4-5-6-7-8-11(3)19-14-15-10(2)9-12(16-14)13(17)18/h9,11H,4-8H2,1-3H3,(H,17,18). The number of aryl methyl sites for hydroxylation is 1. The first-order valence-electron chi connectivity index (χ1n) is 6.78. The fourth-order valence-corrected chi connectivity index (χ4v) is 1.80. The van der Waals surface area contributed by atoms with E-state index in [0.717, 1.165) is 12.8 Å². The summed E-state index contributed by atoms with van der Waals surface area (Å²) in [5.74, 6) is -1.06. The zero-order valence-corrected chi connectivity index (χ0v) is 11.8. The molecule has 0 spiro atoms. The van der Waals surface area contributed by atoms with Crippen molar-refractivity contribution < 1.29 is 14.6 Å². The van der Waals surface area contributed by atoms with E-state index in [0.29, 0.717) is 5.69 Å². The molecule has 1 aromatic heterocycles. The van der Waals surface area contributed by atoms with Crippen molar-refractivity contribution in [2.75, 3.05) is 0 Å². The maximum absolute atomic E-state index is 10.9. The minimum atomic E-state index is -1.06. The molecule has 5 nitrogen and oxygen atoms in total. The molecule has 0 fully saturated rings. The highest BCUT2D eigenvalue weighted by Crippen LogP contribution is 2.13. The summed E-state index contributed by atoms with van der Waals surface area (Å²) in [6, 6.07) is 1.58. The largest absolute Gasteiger partial charge is 0.477 e. The molecule has 1 unspecified atom stereocenters. The van der Waals surface area contributed by atoms with E-state index in [-0.39, 0.29) is 17.8 Å². The molecule has 0 saturated heterocycles. The van der Waals surface area contributed by atoms with Crippen molar-refractivity contribution in [2.24, 2.45) is 0 Å². The van der Waals surface area contributed by atoms with Crippen LogP contribution in [-0.4, -0.2) is 27.1 Å². The number of hydrogen-bond donors (Lipinski definition) is 1. The molecule has 1 atom stereocenters. The van der Waals surface area contributed by atoms with Crippen LogP contribution in [0.25, 0.3) is 0 Å². The Balaban J connectivity index is 2.53. The number of nitrogens with zero attached hydrogens (tertiary/aromatic N) is 2. The summed E-state index contributed by atoms with van der Waals surface area (Å²) in [5, 5.41) is 8.92. The summed E-state index contributed by atoms with van der Waals surface area (Å²) in [5.41, 5.74) is 0.571. The van der Waals surface area contributed by atoms with Gasteiger partial charge in [-0.05, 0) is 32.8 Å². The van der Waals surface area contributed by atoms with E-state index in [1.165, 1.54) is 25.3 Å². The van der Waals surface area contributed by atoms with Crippen LogP contribution in [0.3, 0.4) is 0 Å². The first-order valence-corrected chi connectivity index (χ1v) is 6.78. The molecule has 0 aliphatic heterocycles. The molecule has 1 heterocycles. The number of aromatic nitrogens is 2. The third kappa shape index (κ3) is 5.68. The molecule has 106 valence electrons. The molecular formula is C14H22N2O3. The Bertz CT molecular complexity index is 421. The molecule has 19 heavy (non-hydrogen) atoms. The smallest absolute Gasteiger partial charge is 0.354 e. The zero-order valence-electron chi connectivity index (χ0n) is 11.8. The number of rotatable bonds is 8. The van der Waals surface area contributed by atoms with Gasteiger partial charge in [0.25, 0.3) is 0 Å². The lowest BCUT2D eigenvalue weighted by Gasteiger charge is -2.13. The SMILES string of the molecule is CCCCCCC(C)Oc1nc(C)cc(C(=O)O)n1. The molecule has 0 radical (unpaired) electrons. The average molecular weight is 266 g/mol. The topological polar surface area (TPSA) is 72.3 Å². The lowest BCUT2D eigenvalue weighted by atomic mass is 10.1.